The lowest BCUT2D eigenvalue weighted by atomic mass is 10.1. The number of aryl methyl sites for hydroxylation is 1. The number of aromatic nitrogens is 2. The Morgan fingerprint density at radius 2 is 1.68 bits per heavy atom. The van der Waals surface area contributed by atoms with E-state index in [-0.39, 0.29) is 0 Å². The number of carboxylic acid groups (broad SMARTS) is 1. The summed E-state index contributed by atoms with van der Waals surface area (Å²) in [6.45, 7) is 5.45. The molecular weight excluding hydrogens is 392 g/mol. The van der Waals surface area contributed by atoms with Gasteiger partial charge in [0.1, 0.15) is 18.1 Å². The minimum Gasteiger partial charge on any atom is -0.489 e. The summed E-state index contributed by atoms with van der Waals surface area (Å²) in [4.78, 5) is 11.2. The lowest BCUT2D eigenvalue weighted by molar-refractivity contribution is -0.152. The van der Waals surface area contributed by atoms with Gasteiger partial charge in [-0.3, -0.25) is 0 Å². The van der Waals surface area contributed by atoms with E-state index in [0.29, 0.717) is 18.1 Å². The molecule has 6 nitrogen and oxygen atoms in total. The predicted octanol–water partition coefficient (Wildman–Crippen LogP) is 5.15. The maximum absolute atomic E-state index is 11.2. The maximum atomic E-state index is 11.2. The number of benzene rings is 3. The molecule has 0 aliphatic rings. The molecule has 31 heavy (non-hydrogen) atoms. The third-order valence-electron chi connectivity index (χ3n) is 5.06. The Kier molecular flexibility index (Phi) is 5.38. The Morgan fingerprint density at radius 1 is 1.00 bits per heavy atom. The van der Waals surface area contributed by atoms with E-state index >= 15 is 0 Å². The van der Waals surface area contributed by atoms with Crippen molar-refractivity contribution in [2.24, 2.45) is 0 Å². The van der Waals surface area contributed by atoms with Crippen molar-refractivity contribution >= 4 is 16.9 Å². The molecule has 0 bridgehead atoms. The van der Waals surface area contributed by atoms with Crippen LogP contribution in [0.15, 0.2) is 72.9 Å². The first-order chi connectivity index (χ1) is 14.8. The Bertz CT molecular complexity index is 1210. The average molecular weight is 416 g/mol. The smallest absolute Gasteiger partial charge is 0.347 e. The van der Waals surface area contributed by atoms with Gasteiger partial charge in [0.15, 0.2) is 5.60 Å². The van der Waals surface area contributed by atoms with Gasteiger partial charge in [0.25, 0.3) is 0 Å². The number of hydrogen-bond acceptors (Lipinski definition) is 4. The van der Waals surface area contributed by atoms with Crippen molar-refractivity contribution in [3.63, 3.8) is 0 Å². The first-order valence-electron chi connectivity index (χ1n) is 10.0. The molecule has 0 fully saturated rings. The van der Waals surface area contributed by atoms with Crippen LogP contribution in [0.5, 0.6) is 11.5 Å². The van der Waals surface area contributed by atoms with Gasteiger partial charge in [0, 0.05) is 10.9 Å². The van der Waals surface area contributed by atoms with E-state index in [2.05, 4.69) is 36.3 Å². The number of rotatable bonds is 7. The standard InChI is InChI=1S/C25H24N2O4/c1-17-7-9-20(10-8-17)27-23-18(15-26-27)5-4-6-19(23)16-30-21-11-13-22(14-12-21)31-25(2,3)24(28)29/h4-15H,16H2,1-3H3,(H,28,29). The highest BCUT2D eigenvalue weighted by molar-refractivity contribution is 5.83. The number of para-hydroxylation sites is 1. The molecule has 0 spiro atoms. The monoisotopic (exact) mass is 416 g/mol. The molecule has 1 N–H and O–H groups in total. The first-order valence-corrected chi connectivity index (χ1v) is 10.0. The van der Waals surface area contributed by atoms with Crippen molar-refractivity contribution < 1.29 is 19.4 Å². The maximum Gasteiger partial charge on any atom is 0.347 e. The van der Waals surface area contributed by atoms with Crippen molar-refractivity contribution in [2.45, 2.75) is 33.0 Å². The highest BCUT2D eigenvalue weighted by Gasteiger charge is 2.29. The van der Waals surface area contributed by atoms with E-state index < -0.39 is 11.6 Å². The Labute approximate surface area is 180 Å². The summed E-state index contributed by atoms with van der Waals surface area (Å²) in [6, 6.07) is 21.2. The number of ether oxygens (including phenoxy) is 2. The van der Waals surface area contributed by atoms with Crippen LogP contribution in [0, 0.1) is 6.92 Å². The Balaban J connectivity index is 1.54. The van der Waals surface area contributed by atoms with Gasteiger partial charge in [0.2, 0.25) is 0 Å². The van der Waals surface area contributed by atoms with Gasteiger partial charge in [-0.15, -0.1) is 0 Å². The van der Waals surface area contributed by atoms with Gasteiger partial charge in [0.05, 0.1) is 17.4 Å². The van der Waals surface area contributed by atoms with Gasteiger partial charge in [-0.1, -0.05) is 35.9 Å². The van der Waals surface area contributed by atoms with Crippen molar-refractivity contribution in [1.82, 2.24) is 9.78 Å². The molecule has 1 aromatic heterocycles. The molecule has 4 rings (SSSR count). The number of carbonyl (C=O) groups is 1. The summed E-state index contributed by atoms with van der Waals surface area (Å²) < 4.78 is 13.5. The quantitative estimate of drug-likeness (QED) is 0.451. The third kappa shape index (κ3) is 4.38. The van der Waals surface area contributed by atoms with Crippen LogP contribution in [0.25, 0.3) is 16.6 Å². The Morgan fingerprint density at radius 3 is 2.35 bits per heavy atom. The van der Waals surface area contributed by atoms with Crippen LogP contribution in [0.4, 0.5) is 0 Å². The fraction of sp³-hybridized carbons (Fsp3) is 0.200. The van der Waals surface area contributed by atoms with Crippen molar-refractivity contribution in [3.05, 3.63) is 84.1 Å². The van der Waals surface area contributed by atoms with Crippen molar-refractivity contribution in [2.75, 3.05) is 0 Å². The SMILES string of the molecule is Cc1ccc(-n2ncc3cccc(COc4ccc(OC(C)(C)C(=O)O)cc4)c32)cc1. The molecular formula is C25H24N2O4. The summed E-state index contributed by atoms with van der Waals surface area (Å²) >= 11 is 0. The van der Waals surface area contributed by atoms with Crippen LogP contribution in [0.3, 0.4) is 0 Å². The summed E-state index contributed by atoms with van der Waals surface area (Å²) in [6.07, 6.45) is 1.86. The zero-order valence-electron chi connectivity index (χ0n) is 17.7. The molecule has 158 valence electrons. The van der Waals surface area contributed by atoms with Crippen LogP contribution in [-0.2, 0) is 11.4 Å². The molecule has 3 aromatic carbocycles. The zero-order valence-corrected chi connectivity index (χ0v) is 17.7. The topological polar surface area (TPSA) is 73.6 Å². The zero-order chi connectivity index (χ0) is 22.0. The highest BCUT2D eigenvalue weighted by Crippen LogP contribution is 2.26. The summed E-state index contributed by atoms with van der Waals surface area (Å²) in [5, 5.41) is 14.8. The molecule has 0 amide bonds. The number of nitrogens with zero attached hydrogens (tertiary/aromatic N) is 2. The second kappa shape index (κ2) is 8.14. The van der Waals surface area contributed by atoms with Crippen LogP contribution in [0.2, 0.25) is 0 Å². The van der Waals surface area contributed by atoms with E-state index in [0.717, 1.165) is 22.2 Å². The van der Waals surface area contributed by atoms with E-state index in [1.807, 2.05) is 29.1 Å². The van der Waals surface area contributed by atoms with Crippen molar-refractivity contribution in [3.8, 4) is 17.2 Å². The van der Waals surface area contributed by atoms with E-state index in [4.69, 9.17) is 9.47 Å². The second-order valence-electron chi connectivity index (χ2n) is 7.92. The summed E-state index contributed by atoms with van der Waals surface area (Å²) in [7, 11) is 0. The van der Waals surface area contributed by atoms with Gasteiger partial charge in [-0.05, 0) is 57.2 Å². The average Bonchev–Trinajstić information content (AvgIpc) is 3.18. The van der Waals surface area contributed by atoms with E-state index in [9.17, 15) is 9.90 Å². The first kappa shape index (κ1) is 20.5. The lowest BCUT2D eigenvalue weighted by Gasteiger charge is -2.21. The number of carboxylic acids is 1. The molecule has 0 saturated heterocycles. The van der Waals surface area contributed by atoms with Gasteiger partial charge >= 0.3 is 5.97 Å². The number of fused-ring (bicyclic) bond motifs is 1. The van der Waals surface area contributed by atoms with E-state index in [1.54, 1.807) is 24.3 Å². The Hall–Kier alpha value is -3.80. The van der Waals surface area contributed by atoms with Gasteiger partial charge < -0.3 is 14.6 Å². The largest absolute Gasteiger partial charge is 0.489 e. The molecule has 0 atom stereocenters. The fourth-order valence-corrected chi connectivity index (χ4v) is 3.25. The minimum absolute atomic E-state index is 0.371. The van der Waals surface area contributed by atoms with Crippen LogP contribution < -0.4 is 9.47 Å². The number of aliphatic carboxylic acids is 1. The molecule has 0 unspecified atom stereocenters. The minimum atomic E-state index is -1.30. The fourth-order valence-electron chi connectivity index (χ4n) is 3.25. The molecule has 0 radical (unpaired) electrons. The molecule has 6 heteroatoms. The van der Waals surface area contributed by atoms with Crippen LogP contribution in [0.1, 0.15) is 25.0 Å². The predicted molar refractivity (Wildman–Crippen MR) is 119 cm³/mol. The molecule has 0 aliphatic heterocycles. The highest BCUT2D eigenvalue weighted by atomic mass is 16.5. The third-order valence-corrected chi connectivity index (χ3v) is 5.06. The summed E-state index contributed by atoms with van der Waals surface area (Å²) in [5.74, 6) is 0.115. The van der Waals surface area contributed by atoms with Crippen LogP contribution in [-0.4, -0.2) is 26.5 Å². The summed E-state index contributed by atoms with van der Waals surface area (Å²) in [5.41, 5.74) is 2.92. The van der Waals surface area contributed by atoms with E-state index in [1.165, 1.54) is 19.4 Å². The second-order valence-corrected chi connectivity index (χ2v) is 7.92. The van der Waals surface area contributed by atoms with Gasteiger partial charge in [-0.25, -0.2) is 9.48 Å². The van der Waals surface area contributed by atoms with Crippen LogP contribution >= 0.6 is 0 Å². The lowest BCUT2D eigenvalue weighted by Crippen LogP contribution is -2.37. The molecule has 0 aliphatic carbocycles. The molecule has 1 heterocycles. The van der Waals surface area contributed by atoms with Crippen molar-refractivity contribution in [1.29, 1.82) is 0 Å². The molecule has 0 saturated carbocycles. The number of hydrogen-bond donors (Lipinski definition) is 1. The van der Waals surface area contributed by atoms with Gasteiger partial charge in [-0.2, -0.15) is 5.10 Å². The normalized spacial score (nSPS) is 11.5. The molecule has 4 aromatic rings.